The van der Waals surface area contributed by atoms with Gasteiger partial charge in [0.25, 0.3) is 0 Å². The number of hydrogen-bond acceptors (Lipinski definition) is 6. The summed E-state index contributed by atoms with van der Waals surface area (Å²) < 4.78 is 18.9. The maximum Gasteiger partial charge on any atom is 0.180 e. The number of allylic oxidation sites excluding steroid dienone is 1. The van der Waals surface area contributed by atoms with Crippen molar-refractivity contribution in [3.05, 3.63) is 93.3 Å². The van der Waals surface area contributed by atoms with Crippen LogP contribution in [0.25, 0.3) is 22.4 Å². The third-order valence-electron chi connectivity index (χ3n) is 7.93. The van der Waals surface area contributed by atoms with E-state index in [0.717, 1.165) is 90.2 Å². The molecular formula is C33H33ClFN3O2S. The zero-order valence-corrected chi connectivity index (χ0v) is 24.4. The van der Waals surface area contributed by atoms with Crippen LogP contribution in [0.3, 0.4) is 0 Å². The average Bonchev–Trinajstić information content (AvgIpc) is 3.56. The number of alkyl halides is 1. The largest absolute Gasteiger partial charge is 0.507 e. The molecular weight excluding hydrogens is 557 g/mol. The monoisotopic (exact) mass is 589 g/mol. The number of anilines is 1. The fraction of sp³-hybridized carbons (Fsp3) is 0.303. The highest BCUT2D eigenvalue weighted by molar-refractivity contribution is 7.13. The normalized spacial score (nSPS) is 17.5. The van der Waals surface area contributed by atoms with Crippen molar-refractivity contribution in [3.63, 3.8) is 0 Å². The molecule has 0 radical (unpaired) electrons. The Bertz CT molecular complexity index is 1570. The number of thiazole rings is 1. The van der Waals surface area contributed by atoms with Gasteiger partial charge in [0.15, 0.2) is 5.13 Å². The molecule has 8 heteroatoms. The summed E-state index contributed by atoms with van der Waals surface area (Å²) in [6, 6.07) is 20.1. The van der Waals surface area contributed by atoms with Gasteiger partial charge in [-0.25, -0.2) is 4.98 Å². The van der Waals surface area contributed by atoms with Gasteiger partial charge in [-0.2, -0.15) is 0 Å². The molecule has 5 nitrogen and oxygen atoms in total. The number of halogens is 2. The van der Waals surface area contributed by atoms with Gasteiger partial charge in [0.2, 0.25) is 0 Å². The quantitative estimate of drug-likeness (QED) is 0.219. The molecule has 3 aromatic carbocycles. The third kappa shape index (κ3) is 6.13. The number of aromatic nitrogens is 1. The van der Waals surface area contributed by atoms with Crippen LogP contribution < -0.4 is 10.5 Å². The molecule has 2 heterocycles. The minimum atomic E-state index is -0.279. The lowest BCUT2D eigenvalue weighted by Crippen LogP contribution is -2.26. The number of aryl methyl sites for hydroxylation is 1. The van der Waals surface area contributed by atoms with E-state index in [1.807, 2.05) is 29.6 Å². The van der Waals surface area contributed by atoms with Crippen LogP contribution in [-0.4, -0.2) is 47.4 Å². The van der Waals surface area contributed by atoms with Crippen molar-refractivity contribution in [3.8, 4) is 22.8 Å². The second-order valence-corrected chi connectivity index (χ2v) is 12.0. The Morgan fingerprint density at radius 1 is 1.05 bits per heavy atom. The van der Waals surface area contributed by atoms with Crippen LogP contribution in [0.15, 0.2) is 66.0 Å². The molecule has 2 aliphatic rings. The number of nitrogen functional groups attached to an aromatic ring is 1. The van der Waals surface area contributed by atoms with Crippen molar-refractivity contribution in [2.75, 3.05) is 32.0 Å². The first-order chi connectivity index (χ1) is 20.0. The molecule has 6 rings (SSSR count). The van der Waals surface area contributed by atoms with Gasteiger partial charge < -0.3 is 15.6 Å². The fourth-order valence-electron chi connectivity index (χ4n) is 6.00. The van der Waals surface area contributed by atoms with Crippen molar-refractivity contribution in [2.24, 2.45) is 0 Å². The average molecular weight is 590 g/mol. The minimum Gasteiger partial charge on any atom is -0.507 e. The number of hydrogen-bond donors (Lipinski definition) is 2. The SMILES string of the molecule is Nc1nc(-c2ccc3c(c2)CCCC(c2ccc(Cl)cc2O)=C3c2ccc(OC3CCN(CCCF)C3)cc2)cs1. The molecule has 0 saturated carbocycles. The number of phenolic OH excluding ortho intramolecular Hbond substituents is 1. The minimum absolute atomic E-state index is 0.109. The summed E-state index contributed by atoms with van der Waals surface area (Å²) in [7, 11) is 0. The smallest absolute Gasteiger partial charge is 0.180 e. The lowest BCUT2D eigenvalue weighted by Gasteiger charge is -2.19. The Hall–Kier alpha value is -3.39. The van der Waals surface area contributed by atoms with Gasteiger partial charge in [-0.05, 0) is 96.3 Å². The van der Waals surface area contributed by atoms with Gasteiger partial charge in [0.05, 0.1) is 12.4 Å². The Balaban J connectivity index is 1.37. The first kappa shape index (κ1) is 27.8. The number of rotatable bonds is 8. The van der Waals surface area contributed by atoms with E-state index < -0.39 is 0 Å². The van der Waals surface area contributed by atoms with E-state index in [4.69, 9.17) is 22.1 Å². The number of ether oxygens (including phenoxy) is 1. The van der Waals surface area contributed by atoms with Gasteiger partial charge >= 0.3 is 0 Å². The van der Waals surface area contributed by atoms with Crippen molar-refractivity contribution < 1.29 is 14.2 Å². The highest BCUT2D eigenvalue weighted by Crippen LogP contribution is 2.44. The van der Waals surface area contributed by atoms with E-state index in [2.05, 4.69) is 40.2 Å². The van der Waals surface area contributed by atoms with Crippen molar-refractivity contribution >= 4 is 39.2 Å². The van der Waals surface area contributed by atoms with Crippen molar-refractivity contribution in [1.29, 1.82) is 0 Å². The molecule has 1 atom stereocenters. The lowest BCUT2D eigenvalue weighted by molar-refractivity contribution is 0.198. The molecule has 1 unspecified atom stereocenters. The lowest BCUT2D eigenvalue weighted by atomic mass is 9.87. The third-order valence-corrected chi connectivity index (χ3v) is 8.84. The van der Waals surface area contributed by atoms with E-state index in [0.29, 0.717) is 16.6 Å². The molecule has 212 valence electrons. The molecule has 1 aromatic heterocycles. The van der Waals surface area contributed by atoms with Gasteiger partial charge in [0, 0.05) is 41.2 Å². The molecule has 1 fully saturated rings. The van der Waals surface area contributed by atoms with Crippen LogP contribution in [0, 0.1) is 0 Å². The van der Waals surface area contributed by atoms with Crippen LogP contribution >= 0.6 is 22.9 Å². The molecule has 0 spiro atoms. The summed E-state index contributed by atoms with van der Waals surface area (Å²) in [4.78, 5) is 6.76. The summed E-state index contributed by atoms with van der Waals surface area (Å²) in [5.74, 6) is 1.01. The molecule has 4 aromatic rings. The maximum absolute atomic E-state index is 12.6. The topological polar surface area (TPSA) is 71.6 Å². The van der Waals surface area contributed by atoms with E-state index in [1.165, 1.54) is 16.9 Å². The van der Waals surface area contributed by atoms with Crippen LogP contribution in [0.1, 0.15) is 47.9 Å². The zero-order valence-electron chi connectivity index (χ0n) is 22.8. The molecule has 0 amide bonds. The van der Waals surface area contributed by atoms with Crippen molar-refractivity contribution in [1.82, 2.24) is 9.88 Å². The number of nitrogens with zero attached hydrogens (tertiary/aromatic N) is 2. The Morgan fingerprint density at radius 2 is 1.85 bits per heavy atom. The summed E-state index contributed by atoms with van der Waals surface area (Å²) >= 11 is 7.64. The van der Waals surface area contributed by atoms with Gasteiger partial charge in [-0.15, -0.1) is 11.3 Å². The highest BCUT2D eigenvalue weighted by atomic mass is 35.5. The first-order valence-corrected chi connectivity index (χ1v) is 15.4. The number of phenols is 1. The summed E-state index contributed by atoms with van der Waals surface area (Å²) in [6.07, 6.45) is 4.29. The standard InChI is InChI=1S/C33H33ClFN3O2S/c34-24-8-12-28(31(39)18-24)29-4-1-3-22-17-23(30-20-41-33(36)37-30)7-11-27(22)32(29)21-5-9-25(10-6-21)40-26-13-16-38(19-26)15-2-14-35/h5-12,17-18,20,26,39H,1-4,13-16,19H2,(H2,36,37). The first-order valence-electron chi connectivity index (χ1n) is 14.1. The molecule has 1 saturated heterocycles. The van der Waals surface area contributed by atoms with E-state index >= 15 is 0 Å². The van der Waals surface area contributed by atoms with Crippen LogP contribution in [0.4, 0.5) is 9.52 Å². The van der Waals surface area contributed by atoms with Crippen LogP contribution in [0.5, 0.6) is 11.5 Å². The molecule has 1 aliphatic carbocycles. The summed E-state index contributed by atoms with van der Waals surface area (Å²) in [6.45, 7) is 2.27. The number of aromatic hydroxyl groups is 1. The number of likely N-dealkylation sites (tertiary alicyclic amines) is 1. The predicted octanol–water partition coefficient (Wildman–Crippen LogP) is 7.86. The number of benzene rings is 3. The second-order valence-electron chi connectivity index (χ2n) is 10.7. The van der Waals surface area contributed by atoms with Gasteiger partial charge in [-0.3, -0.25) is 9.29 Å². The second kappa shape index (κ2) is 12.2. The molecule has 3 N–H and O–H groups in total. The Morgan fingerprint density at radius 3 is 2.61 bits per heavy atom. The number of fused-ring (bicyclic) bond motifs is 1. The summed E-state index contributed by atoms with van der Waals surface area (Å²) in [5, 5.41) is 14.0. The van der Waals surface area contributed by atoms with Crippen LogP contribution in [-0.2, 0) is 6.42 Å². The Kier molecular flexibility index (Phi) is 8.28. The molecule has 0 bridgehead atoms. The zero-order chi connectivity index (χ0) is 28.3. The van der Waals surface area contributed by atoms with Gasteiger partial charge in [0.1, 0.15) is 17.6 Å². The van der Waals surface area contributed by atoms with E-state index in [1.54, 1.807) is 6.07 Å². The summed E-state index contributed by atoms with van der Waals surface area (Å²) in [5.41, 5.74) is 14.3. The maximum atomic E-state index is 12.6. The van der Waals surface area contributed by atoms with Crippen LogP contribution in [0.2, 0.25) is 5.02 Å². The Labute approximate surface area is 249 Å². The van der Waals surface area contributed by atoms with E-state index in [9.17, 15) is 9.50 Å². The number of nitrogens with two attached hydrogens (primary N) is 1. The fourth-order valence-corrected chi connectivity index (χ4v) is 6.74. The predicted molar refractivity (Wildman–Crippen MR) is 166 cm³/mol. The van der Waals surface area contributed by atoms with Crippen molar-refractivity contribution in [2.45, 2.75) is 38.2 Å². The van der Waals surface area contributed by atoms with Gasteiger partial charge in [-0.1, -0.05) is 35.9 Å². The van der Waals surface area contributed by atoms with E-state index in [-0.39, 0.29) is 18.5 Å². The molecule has 1 aliphatic heterocycles. The molecule has 41 heavy (non-hydrogen) atoms. The highest BCUT2D eigenvalue weighted by Gasteiger charge is 2.25.